The fraction of sp³-hybridized carbons (Fsp3) is 0.688. The molecule has 0 saturated heterocycles. The monoisotopic (exact) mass is 327 g/mol. The Labute approximate surface area is 138 Å². The molecule has 3 N–H and O–H groups in total. The van der Waals surface area contributed by atoms with E-state index in [-0.39, 0.29) is 6.54 Å². The van der Waals surface area contributed by atoms with Gasteiger partial charge in [-0.2, -0.15) is 11.8 Å². The van der Waals surface area contributed by atoms with Crippen LogP contribution in [0.5, 0.6) is 0 Å². The summed E-state index contributed by atoms with van der Waals surface area (Å²) in [6, 6.07) is 1.88. The average molecular weight is 327 g/mol. The highest BCUT2D eigenvalue weighted by Gasteiger charge is 2.27. The summed E-state index contributed by atoms with van der Waals surface area (Å²) in [4.78, 5) is 4.51. The summed E-state index contributed by atoms with van der Waals surface area (Å²) in [5.74, 6) is 3.41. The van der Waals surface area contributed by atoms with Gasteiger partial charge in [0, 0.05) is 18.7 Å². The van der Waals surface area contributed by atoms with Crippen LogP contribution < -0.4 is 10.6 Å². The Hall–Kier alpha value is -1.14. The van der Waals surface area contributed by atoms with E-state index < -0.39 is 5.60 Å². The molecule has 0 aliphatic rings. The van der Waals surface area contributed by atoms with Gasteiger partial charge in [0.05, 0.1) is 6.54 Å². The predicted molar refractivity (Wildman–Crippen MR) is 94.7 cm³/mol. The fourth-order valence-electron chi connectivity index (χ4n) is 2.25. The van der Waals surface area contributed by atoms with Gasteiger partial charge in [0.25, 0.3) is 0 Å². The van der Waals surface area contributed by atoms with E-state index in [2.05, 4.69) is 21.9 Å². The minimum Gasteiger partial charge on any atom is -0.466 e. The van der Waals surface area contributed by atoms with E-state index in [9.17, 15) is 5.11 Å². The van der Waals surface area contributed by atoms with Crippen LogP contribution in [0.1, 0.15) is 37.4 Å². The van der Waals surface area contributed by atoms with Gasteiger partial charge in [-0.3, -0.25) is 0 Å². The van der Waals surface area contributed by atoms with Crippen molar-refractivity contribution >= 4 is 17.7 Å². The Kier molecular flexibility index (Phi) is 7.82. The first-order valence-electron chi connectivity index (χ1n) is 7.71. The van der Waals surface area contributed by atoms with Crippen LogP contribution in [0, 0.1) is 13.8 Å². The molecule has 6 heteroatoms. The first-order valence-corrected chi connectivity index (χ1v) is 9.11. The van der Waals surface area contributed by atoms with Crippen LogP contribution in [0.25, 0.3) is 0 Å². The Morgan fingerprint density at radius 3 is 2.68 bits per heavy atom. The molecule has 0 aliphatic carbocycles. The van der Waals surface area contributed by atoms with Crippen LogP contribution in [0.15, 0.2) is 15.5 Å². The molecule has 0 bridgehead atoms. The van der Waals surface area contributed by atoms with Crippen molar-refractivity contribution in [3.05, 3.63) is 23.2 Å². The summed E-state index contributed by atoms with van der Waals surface area (Å²) in [7, 11) is 0. The number of guanidine groups is 1. The van der Waals surface area contributed by atoms with Crippen molar-refractivity contribution in [1.29, 1.82) is 0 Å². The standard InChI is InChI=1S/C16H29N3O2S/c1-6-17-15(18-8-7-9-22-5)19-11-16(4,20)14-10-12(2)21-13(14)3/h10,20H,6-9,11H2,1-5H3,(H2,17,18,19). The second-order valence-electron chi connectivity index (χ2n) is 5.57. The van der Waals surface area contributed by atoms with E-state index in [0.29, 0.717) is 0 Å². The minimum absolute atomic E-state index is 0.282. The van der Waals surface area contributed by atoms with Crippen LogP contribution in [-0.4, -0.2) is 42.7 Å². The van der Waals surface area contributed by atoms with E-state index in [0.717, 1.165) is 48.3 Å². The number of aliphatic imine (C=N–C) groups is 1. The number of nitrogens with zero attached hydrogens (tertiary/aromatic N) is 1. The van der Waals surface area contributed by atoms with Gasteiger partial charge in [-0.15, -0.1) is 0 Å². The Morgan fingerprint density at radius 1 is 1.41 bits per heavy atom. The second kappa shape index (κ2) is 9.10. The molecule has 1 aromatic heterocycles. The maximum Gasteiger partial charge on any atom is 0.191 e. The first-order chi connectivity index (χ1) is 10.4. The Balaban J connectivity index is 2.68. The Morgan fingerprint density at radius 2 is 2.14 bits per heavy atom. The predicted octanol–water partition coefficient (Wildman–Crippen LogP) is 2.41. The van der Waals surface area contributed by atoms with E-state index in [4.69, 9.17) is 4.42 Å². The molecular formula is C16H29N3O2S. The molecule has 0 saturated carbocycles. The topological polar surface area (TPSA) is 69.8 Å². The molecule has 0 radical (unpaired) electrons. The number of hydrogen-bond donors (Lipinski definition) is 3. The van der Waals surface area contributed by atoms with Crippen molar-refractivity contribution in [2.75, 3.05) is 31.6 Å². The van der Waals surface area contributed by atoms with Crippen LogP contribution in [0.4, 0.5) is 0 Å². The minimum atomic E-state index is -1.04. The fourth-order valence-corrected chi connectivity index (χ4v) is 2.68. The lowest BCUT2D eigenvalue weighted by Crippen LogP contribution is -2.39. The summed E-state index contributed by atoms with van der Waals surface area (Å²) in [5, 5.41) is 17.2. The third kappa shape index (κ3) is 5.93. The van der Waals surface area contributed by atoms with Crippen LogP contribution in [-0.2, 0) is 5.60 Å². The van der Waals surface area contributed by atoms with Crippen molar-refractivity contribution in [3.63, 3.8) is 0 Å². The number of nitrogens with one attached hydrogen (secondary N) is 2. The van der Waals surface area contributed by atoms with Crippen molar-refractivity contribution in [1.82, 2.24) is 10.6 Å². The summed E-state index contributed by atoms with van der Waals surface area (Å²) >= 11 is 1.83. The number of hydrogen-bond acceptors (Lipinski definition) is 4. The van der Waals surface area contributed by atoms with Crippen LogP contribution in [0.3, 0.4) is 0 Å². The van der Waals surface area contributed by atoms with Gasteiger partial charge in [0.15, 0.2) is 5.96 Å². The highest BCUT2D eigenvalue weighted by atomic mass is 32.2. The molecule has 1 unspecified atom stereocenters. The molecule has 1 aromatic rings. The number of aryl methyl sites for hydroxylation is 2. The molecule has 0 amide bonds. The molecule has 22 heavy (non-hydrogen) atoms. The van der Waals surface area contributed by atoms with Crippen LogP contribution >= 0.6 is 11.8 Å². The highest BCUT2D eigenvalue weighted by molar-refractivity contribution is 7.98. The summed E-state index contributed by atoms with van der Waals surface area (Å²) in [5.41, 5.74) is -0.240. The van der Waals surface area contributed by atoms with Gasteiger partial charge in [-0.1, -0.05) is 0 Å². The number of furan rings is 1. The zero-order valence-electron chi connectivity index (χ0n) is 14.3. The smallest absolute Gasteiger partial charge is 0.191 e. The SMILES string of the molecule is CCNC(=NCC(C)(O)c1cc(C)oc1C)NCCCSC. The highest BCUT2D eigenvalue weighted by Crippen LogP contribution is 2.27. The van der Waals surface area contributed by atoms with Gasteiger partial charge in [0.1, 0.15) is 17.1 Å². The lowest BCUT2D eigenvalue weighted by atomic mass is 9.96. The first kappa shape index (κ1) is 18.9. The van der Waals surface area contributed by atoms with Crippen molar-refractivity contribution < 1.29 is 9.52 Å². The lowest BCUT2D eigenvalue weighted by Gasteiger charge is -2.21. The molecule has 1 atom stereocenters. The third-order valence-electron chi connectivity index (χ3n) is 3.33. The molecule has 0 spiro atoms. The molecule has 0 fully saturated rings. The molecule has 1 rings (SSSR count). The van der Waals surface area contributed by atoms with E-state index in [1.54, 1.807) is 6.92 Å². The Bertz CT molecular complexity index is 484. The maximum absolute atomic E-state index is 10.7. The quantitative estimate of drug-likeness (QED) is 0.389. The number of aliphatic hydroxyl groups is 1. The van der Waals surface area contributed by atoms with E-state index in [1.807, 2.05) is 38.6 Å². The summed E-state index contributed by atoms with van der Waals surface area (Å²) in [6.07, 6.45) is 3.19. The van der Waals surface area contributed by atoms with E-state index >= 15 is 0 Å². The zero-order chi connectivity index (χ0) is 16.6. The van der Waals surface area contributed by atoms with Crippen LogP contribution in [0.2, 0.25) is 0 Å². The molecular weight excluding hydrogens is 298 g/mol. The molecule has 1 heterocycles. The van der Waals surface area contributed by atoms with Crippen molar-refractivity contribution in [3.8, 4) is 0 Å². The molecule has 0 aromatic carbocycles. The van der Waals surface area contributed by atoms with Crippen molar-refractivity contribution in [2.24, 2.45) is 4.99 Å². The number of rotatable bonds is 8. The van der Waals surface area contributed by atoms with Gasteiger partial charge >= 0.3 is 0 Å². The molecule has 0 aliphatic heterocycles. The van der Waals surface area contributed by atoms with Crippen molar-refractivity contribution in [2.45, 2.75) is 39.7 Å². The normalized spacial score (nSPS) is 14.7. The second-order valence-corrected chi connectivity index (χ2v) is 6.55. The van der Waals surface area contributed by atoms with Gasteiger partial charge in [-0.05, 0) is 52.2 Å². The van der Waals surface area contributed by atoms with Gasteiger partial charge in [0.2, 0.25) is 0 Å². The maximum atomic E-state index is 10.7. The van der Waals surface area contributed by atoms with E-state index in [1.165, 1.54) is 0 Å². The average Bonchev–Trinajstić information content (AvgIpc) is 2.80. The summed E-state index contributed by atoms with van der Waals surface area (Å²) in [6.45, 7) is 9.50. The molecule has 5 nitrogen and oxygen atoms in total. The zero-order valence-corrected chi connectivity index (χ0v) is 15.1. The van der Waals surface area contributed by atoms with Gasteiger partial charge < -0.3 is 20.2 Å². The molecule has 126 valence electrons. The number of thioether (sulfide) groups is 1. The largest absolute Gasteiger partial charge is 0.466 e. The lowest BCUT2D eigenvalue weighted by molar-refractivity contribution is 0.0657. The summed E-state index contributed by atoms with van der Waals surface area (Å²) < 4.78 is 5.50. The van der Waals surface area contributed by atoms with Gasteiger partial charge in [-0.25, -0.2) is 4.99 Å². The third-order valence-corrected chi connectivity index (χ3v) is 4.03.